The molecule has 0 saturated carbocycles. The molecule has 0 amide bonds. The molecular weight excluding hydrogens is 238 g/mol. The molecule has 6 N–H and O–H groups in total. The fourth-order valence-corrected chi connectivity index (χ4v) is 1.94. The fourth-order valence-electron chi connectivity index (χ4n) is 1.94. The highest BCUT2D eigenvalue weighted by molar-refractivity contribution is 4.96. The van der Waals surface area contributed by atoms with Crippen molar-refractivity contribution >= 4 is 0 Å². The number of allylic oxidation sites excluding steroid dienone is 1. The van der Waals surface area contributed by atoms with Gasteiger partial charge in [-0.1, -0.05) is 12.5 Å². The van der Waals surface area contributed by atoms with E-state index in [9.17, 15) is 15.3 Å². The summed E-state index contributed by atoms with van der Waals surface area (Å²) in [7, 11) is 0. The zero-order valence-corrected chi connectivity index (χ0v) is 10.9. The summed E-state index contributed by atoms with van der Waals surface area (Å²) in [5.74, 6) is 0. The summed E-state index contributed by atoms with van der Waals surface area (Å²) in [4.78, 5) is 0. The van der Waals surface area contributed by atoms with Gasteiger partial charge in [0, 0.05) is 0 Å². The van der Waals surface area contributed by atoms with Gasteiger partial charge in [-0.2, -0.15) is 0 Å². The second kappa shape index (κ2) is 7.18. The van der Waals surface area contributed by atoms with Crippen LogP contribution in [0.25, 0.3) is 0 Å². The van der Waals surface area contributed by atoms with Crippen LogP contribution in [0.1, 0.15) is 20.3 Å². The Bertz CT molecular complexity index is 284. The standard InChI is InChI=1S/C12H23NO5/c1-3-7(2)4-5-13-9-11(16)10(15)8(6-14)18-12(9)17/h4,8-17H,3,5-6H2,1-2H3/p+1/t8?,9?,10-,11+,12-/m0/s1. The van der Waals surface area contributed by atoms with Gasteiger partial charge >= 0.3 is 0 Å². The quantitative estimate of drug-likeness (QED) is 0.358. The molecule has 6 nitrogen and oxygen atoms in total. The Hall–Kier alpha value is -0.500. The van der Waals surface area contributed by atoms with Gasteiger partial charge in [0.2, 0.25) is 6.29 Å². The molecule has 6 heteroatoms. The van der Waals surface area contributed by atoms with Gasteiger partial charge in [-0.25, -0.2) is 0 Å². The molecule has 5 atom stereocenters. The number of aliphatic hydroxyl groups is 4. The van der Waals surface area contributed by atoms with Crippen molar-refractivity contribution in [1.29, 1.82) is 0 Å². The normalized spacial score (nSPS) is 37.9. The van der Waals surface area contributed by atoms with E-state index in [0.717, 1.165) is 6.42 Å². The molecule has 106 valence electrons. The lowest BCUT2D eigenvalue weighted by Crippen LogP contribution is -2.96. The molecule has 1 heterocycles. The number of hydrogen-bond acceptors (Lipinski definition) is 5. The maximum atomic E-state index is 9.88. The highest BCUT2D eigenvalue weighted by Crippen LogP contribution is 2.17. The van der Waals surface area contributed by atoms with E-state index in [2.05, 4.69) is 6.92 Å². The van der Waals surface area contributed by atoms with Gasteiger partial charge in [0.25, 0.3) is 0 Å². The number of nitrogens with two attached hydrogens (primary N) is 1. The monoisotopic (exact) mass is 262 g/mol. The van der Waals surface area contributed by atoms with Crippen molar-refractivity contribution < 1.29 is 30.5 Å². The fraction of sp³-hybridized carbons (Fsp3) is 0.833. The minimum Gasteiger partial charge on any atom is -0.394 e. The van der Waals surface area contributed by atoms with E-state index in [4.69, 9.17) is 9.84 Å². The number of ether oxygens (including phenoxy) is 1. The molecule has 1 aliphatic heterocycles. The second-order valence-corrected chi connectivity index (χ2v) is 4.68. The van der Waals surface area contributed by atoms with Crippen LogP contribution in [0.3, 0.4) is 0 Å². The van der Waals surface area contributed by atoms with Gasteiger partial charge in [0.1, 0.15) is 18.3 Å². The maximum absolute atomic E-state index is 9.88. The summed E-state index contributed by atoms with van der Waals surface area (Å²) in [6.45, 7) is 4.22. The van der Waals surface area contributed by atoms with Crippen LogP contribution < -0.4 is 5.32 Å². The van der Waals surface area contributed by atoms with Crippen LogP contribution in [0.15, 0.2) is 11.6 Å². The van der Waals surface area contributed by atoms with Crippen molar-refractivity contribution in [2.45, 2.75) is 50.9 Å². The van der Waals surface area contributed by atoms with E-state index in [-0.39, 0.29) is 0 Å². The minimum atomic E-state index is -1.20. The average molecular weight is 262 g/mol. The molecule has 18 heavy (non-hydrogen) atoms. The van der Waals surface area contributed by atoms with Crippen molar-refractivity contribution in [1.82, 2.24) is 0 Å². The number of quaternary nitrogens is 1. The first kappa shape index (κ1) is 15.6. The Balaban J connectivity index is 2.55. The number of hydrogen-bond donors (Lipinski definition) is 5. The molecule has 0 spiro atoms. The summed E-state index contributed by atoms with van der Waals surface area (Å²) >= 11 is 0. The highest BCUT2D eigenvalue weighted by atomic mass is 16.6. The Morgan fingerprint density at radius 1 is 1.28 bits per heavy atom. The third-order valence-corrected chi connectivity index (χ3v) is 3.38. The van der Waals surface area contributed by atoms with Crippen LogP contribution in [0, 0.1) is 0 Å². The van der Waals surface area contributed by atoms with Gasteiger partial charge in [-0.15, -0.1) is 0 Å². The molecule has 0 aromatic carbocycles. The molecule has 1 saturated heterocycles. The van der Waals surface area contributed by atoms with E-state index in [1.54, 1.807) is 5.32 Å². The van der Waals surface area contributed by atoms with Crippen LogP contribution in [-0.2, 0) is 4.74 Å². The Morgan fingerprint density at radius 3 is 2.50 bits per heavy atom. The summed E-state index contributed by atoms with van der Waals surface area (Å²) in [5.41, 5.74) is 1.22. The van der Waals surface area contributed by atoms with E-state index in [1.165, 1.54) is 5.57 Å². The first-order valence-electron chi connectivity index (χ1n) is 6.30. The van der Waals surface area contributed by atoms with Crippen LogP contribution in [0.4, 0.5) is 0 Å². The first-order chi connectivity index (χ1) is 8.51. The first-order valence-corrected chi connectivity index (χ1v) is 6.30. The van der Waals surface area contributed by atoms with E-state index >= 15 is 0 Å². The predicted molar refractivity (Wildman–Crippen MR) is 64.6 cm³/mol. The Kier molecular flexibility index (Phi) is 6.20. The minimum absolute atomic E-state index is 0.434. The number of rotatable bonds is 5. The zero-order chi connectivity index (χ0) is 13.7. The molecule has 0 aromatic heterocycles. The topological polar surface area (TPSA) is 107 Å². The lowest BCUT2D eigenvalue weighted by Gasteiger charge is -2.38. The van der Waals surface area contributed by atoms with Gasteiger partial charge in [-0.05, 0) is 19.4 Å². The van der Waals surface area contributed by atoms with E-state index in [1.807, 2.05) is 13.0 Å². The highest BCUT2D eigenvalue weighted by Gasteiger charge is 2.45. The summed E-state index contributed by atoms with van der Waals surface area (Å²) < 4.78 is 5.06. The smallest absolute Gasteiger partial charge is 0.211 e. The summed E-state index contributed by atoms with van der Waals surface area (Å²) in [6.07, 6.45) is -1.49. The van der Waals surface area contributed by atoms with E-state index < -0.39 is 37.3 Å². The molecule has 0 bridgehead atoms. The molecule has 0 aromatic rings. The van der Waals surface area contributed by atoms with Gasteiger partial charge < -0.3 is 30.5 Å². The SMILES string of the molecule is CCC(C)=CC[NH2+]C1[C@@H](O)[C@@H](O)C(CO)O[C@@H]1O. The van der Waals surface area contributed by atoms with Gasteiger partial charge in [0.05, 0.1) is 13.2 Å². The third-order valence-electron chi connectivity index (χ3n) is 3.38. The Labute approximate surface area is 107 Å². The van der Waals surface area contributed by atoms with Crippen molar-refractivity contribution in [3.8, 4) is 0 Å². The molecule has 1 rings (SSSR count). The average Bonchev–Trinajstić information content (AvgIpc) is 2.37. The van der Waals surface area contributed by atoms with Crippen molar-refractivity contribution in [3.63, 3.8) is 0 Å². The maximum Gasteiger partial charge on any atom is 0.211 e. The lowest BCUT2D eigenvalue weighted by atomic mass is 9.97. The number of aliphatic hydroxyl groups excluding tert-OH is 4. The van der Waals surface area contributed by atoms with Crippen LogP contribution >= 0.6 is 0 Å². The molecule has 2 unspecified atom stereocenters. The zero-order valence-electron chi connectivity index (χ0n) is 10.9. The lowest BCUT2D eigenvalue weighted by molar-refractivity contribution is -0.710. The molecule has 0 aliphatic carbocycles. The molecule has 1 aliphatic rings. The summed E-state index contributed by atoms with van der Waals surface area (Å²) in [5, 5.41) is 40.0. The third kappa shape index (κ3) is 3.74. The molecule has 0 radical (unpaired) electrons. The van der Waals surface area contributed by atoms with Crippen molar-refractivity contribution in [2.24, 2.45) is 0 Å². The molecule has 1 fully saturated rings. The van der Waals surface area contributed by atoms with E-state index in [0.29, 0.717) is 6.54 Å². The van der Waals surface area contributed by atoms with Crippen LogP contribution in [0.5, 0.6) is 0 Å². The van der Waals surface area contributed by atoms with Crippen molar-refractivity contribution in [2.75, 3.05) is 13.2 Å². The van der Waals surface area contributed by atoms with Gasteiger partial charge in [-0.3, -0.25) is 0 Å². The Morgan fingerprint density at radius 2 is 1.94 bits per heavy atom. The molecular formula is C12H24NO5+. The second-order valence-electron chi connectivity index (χ2n) is 4.68. The largest absolute Gasteiger partial charge is 0.394 e. The van der Waals surface area contributed by atoms with Crippen molar-refractivity contribution in [3.05, 3.63) is 11.6 Å². The van der Waals surface area contributed by atoms with Crippen LogP contribution in [0.2, 0.25) is 0 Å². The summed E-state index contributed by atoms with van der Waals surface area (Å²) in [6, 6.07) is -0.649. The van der Waals surface area contributed by atoms with Gasteiger partial charge in [0.15, 0.2) is 6.04 Å². The van der Waals surface area contributed by atoms with Crippen LogP contribution in [-0.4, -0.2) is 64.2 Å². The predicted octanol–water partition coefficient (Wildman–Crippen LogP) is -2.29.